The van der Waals surface area contributed by atoms with Gasteiger partial charge in [-0.1, -0.05) is 0 Å². The van der Waals surface area contributed by atoms with Gasteiger partial charge in [-0.15, -0.1) is 24.8 Å². The van der Waals surface area contributed by atoms with Crippen molar-refractivity contribution in [3.05, 3.63) is 0 Å². The van der Waals surface area contributed by atoms with Crippen LogP contribution in [0.4, 0.5) is 0 Å². The van der Waals surface area contributed by atoms with E-state index in [1.54, 1.807) is 0 Å². The van der Waals surface area contributed by atoms with E-state index < -0.39 is 0 Å². The monoisotopic (exact) mass is 243 g/mol. The first-order chi connectivity index (χ1) is 5.74. The predicted molar refractivity (Wildman–Crippen MR) is 66.7 cm³/mol. The molecule has 0 bridgehead atoms. The van der Waals surface area contributed by atoms with Gasteiger partial charge in [0.15, 0.2) is 0 Å². The fourth-order valence-corrected chi connectivity index (χ4v) is 1.84. The van der Waals surface area contributed by atoms with Crippen LogP contribution in [-0.2, 0) is 0 Å². The average Bonchev–Trinajstić information content (AvgIpc) is 2.05. The Morgan fingerprint density at radius 3 is 2.50 bits per heavy atom. The summed E-state index contributed by atoms with van der Waals surface area (Å²) in [6.45, 7) is 4.29. The molecule has 1 rings (SSSR count). The summed E-state index contributed by atoms with van der Waals surface area (Å²) in [5.41, 5.74) is 5.53. The fraction of sp³-hybridized carbons (Fsp3) is 1.00. The molecule has 0 saturated carbocycles. The molecule has 1 heterocycles. The summed E-state index contributed by atoms with van der Waals surface area (Å²) in [5, 5.41) is 0. The van der Waals surface area contributed by atoms with Gasteiger partial charge < -0.3 is 15.5 Å². The third kappa shape index (κ3) is 5.37. The van der Waals surface area contributed by atoms with Crippen LogP contribution in [0.3, 0.4) is 0 Å². The second-order valence-electron chi connectivity index (χ2n) is 3.85. The Hall–Kier alpha value is 0.460. The maximum atomic E-state index is 5.53. The molecule has 1 saturated heterocycles. The molecule has 0 spiro atoms. The highest BCUT2D eigenvalue weighted by atomic mass is 35.5. The zero-order valence-electron chi connectivity index (χ0n) is 9.11. The topological polar surface area (TPSA) is 32.5 Å². The largest absolute Gasteiger partial charge is 0.329 e. The Bertz CT molecular complexity index is 131. The molecule has 2 N–H and O–H groups in total. The zero-order chi connectivity index (χ0) is 8.97. The second-order valence-corrected chi connectivity index (χ2v) is 3.85. The van der Waals surface area contributed by atoms with E-state index in [2.05, 4.69) is 23.9 Å². The SMILES string of the molecule is CN(C)C1CCCN(CCN)C1.Cl.Cl. The van der Waals surface area contributed by atoms with Crippen molar-refractivity contribution in [1.29, 1.82) is 0 Å². The number of hydrogen-bond donors (Lipinski definition) is 1. The van der Waals surface area contributed by atoms with Gasteiger partial charge in [0.1, 0.15) is 0 Å². The van der Waals surface area contributed by atoms with E-state index in [4.69, 9.17) is 5.73 Å². The van der Waals surface area contributed by atoms with Crippen LogP contribution in [0.25, 0.3) is 0 Å². The molecule has 0 radical (unpaired) electrons. The zero-order valence-corrected chi connectivity index (χ0v) is 10.7. The smallest absolute Gasteiger partial charge is 0.0217 e. The average molecular weight is 244 g/mol. The van der Waals surface area contributed by atoms with E-state index in [0.29, 0.717) is 0 Å². The normalized spacial score (nSPS) is 22.7. The Balaban J connectivity index is 0. The Kier molecular flexibility index (Phi) is 10.5. The van der Waals surface area contributed by atoms with Crippen LogP contribution >= 0.6 is 24.8 Å². The van der Waals surface area contributed by atoms with Crippen molar-refractivity contribution in [3.8, 4) is 0 Å². The van der Waals surface area contributed by atoms with Crippen LogP contribution in [0.2, 0.25) is 0 Å². The van der Waals surface area contributed by atoms with Gasteiger partial charge >= 0.3 is 0 Å². The minimum atomic E-state index is 0. The number of likely N-dealkylation sites (tertiary alicyclic amines) is 1. The third-order valence-corrected chi connectivity index (χ3v) is 2.66. The molecule has 0 aliphatic carbocycles. The number of nitrogens with zero attached hydrogens (tertiary/aromatic N) is 2. The highest BCUT2D eigenvalue weighted by Crippen LogP contribution is 2.12. The van der Waals surface area contributed by atoms with E-state index in [9.17, 15) is 0 Å². The van der Waals surface area contributed by atoms with Gasteiger partial charge in [-0.2, -0.15) is 0 Å². The highest BCUT2D eigenvalue weighted by molar-refractivity contribution is 5.85. The first-order valence-electron chi connectivity index (χ1n) is 4.83. The second kappa shape index (κ2) is 8.74. The standard InChI is InChI=1S/C9H21N3.2ClH/c1-11(2)9-4-3-6-12(8-9)7-5-10;;/h9H,3-8,10H2,1-2H3;2*1H. The first kappa shape index (κ1) is 16.9. The van der Waals surface area contributed by atoms with Crippen LogP contribution < -0.4 is 5.73 Å². The van der Waals surface area contributed by atoms with Crippen molar-refractivity contribution in [2.24, 2.45) is 5.73 Å². The summed E-state index contributed by atoms with van der Waals surface area (Å²) < 4.78 is 0. The van der Waals surface area contributed by atoms with Crippen LogP contribution in [0, 0.1) is 0 Å². The van der Waals surface area contributed by atoms with Gasteiger partial charge in [0, 0.05) is 25.7 Å². The summed E-state index contributed by atoms with van der Waals surface area (Å²) in [7, 11) is 4.33. The Labute approximate surface area is 99.8 Å². The molecule has 1 aliphatic rings. The molecule has 0 aromatic carbocycles. The number of nitrogens with two attached hydrogens (primary N) is 1. The third-order valence-electron chi connectivity index (χ3n) is 2.66. The molecule has 14 heavy (non-hydrogen) atoms. The molecule has 0 aromatic rings. The molecule has 5 heteroatoms. The molecular formula is C9H23Cl2N3. The lowest BCUT2D eigenvalue weighted by Gasteiger charge is -2.35. The van der Waals surface area contributed by atoms with Crippen molar-refractivity contribution in [1.82, 2.24) is 9.80 Å². The van der Waals surface area contributed by atoms with Crippen LogP contribution in [0.15, 0.2) is 0 Å². The molecule has 0 amide bonds. The number of piperidine rings is 1. The maximum absolute atomic E-state index is 5.53. The van der Waals surface area contributed by atoms with Gasteiger partial charge in [-0.05, 0) is 33.5 Å². The van der Waals surface area contributed by atoms with Crippen LogP contribution in [0.1, 0.15) is 12.8 Å². The van der Waals surface area contributed by atoms with Crippen LogP contribution in [-0.4, -0.2) is 56.1 Å². The van der Waals surface area contributed by atoms with Crippen LogP contribution in [0.5, 0.6) is 0 Å². The molecule has 1 aliphatic heterocycles. The van der Waals surface area contributed by atoms with Crippen molar-refractivity contribution in [2.75, 3.05) is 40.3 Å². The molecule has 88 valence electrons. The Morgan fingerprint density at radius 1 is 1.36 bits per heavy atom. The maximum Gasteiger partial charge on any atom is 0.0217 e. The van der Waals surface area contributed by atoms with Gasteiger partial charge in [0.25, 0.3) is 0 Å². The molecule has 1 atom stereocenters. The first-order valence-corrected chi connectivity index (χ1v) is 4.83. The Morgan fingerprint density at radius 2 is 2.00 bits per heavy atom. The van der Waals surface area contributed by atoms with E-state index in [1.165, 1.54) is 25.9 Å². The summed E-state index contributed by atoms with van der Waals surface area (Å²) in [6.07, 6.45) is 2.66. The number of rotatable bonds is 3. The summed E-state index contributed by atoms with van der Waals surface area (Å²) in [4.78, 5) is 4.79. The number of hydrogen-bond acceptors (Lipinski definition) is 3. The van der Waals surface area contributed by atoms with Gasteiger partial charge in [-0.3, -0.25) is 0 Å². The summed E-state index contributed by atoms with van der Waals surface area (Å²) in [5.74, 6) is 0. The predicted octanol–water partition coefficient (Wildman–Crippen LogP) is 0.815. The molecule has 1 fully saturated rings. The lowest BCUT2D eigenvalue weighted by molar-refractivity contribution is 0.136. The van der Waals surface area contributed by atoms with Crippen molar-refractivity contribution in [2.45, 2.75) is 18.9 Å². The van der Waals surface area contributed by atoms with Gasteiger partial charge in [-0.25, -0.2) is 0 Å². The van der Waals surface area contributed by atoms with Gasteiger partial charge in [0.05, 0.1) is 0 Å². The van der Waals surface area contributed by atoms with E-state index >= 15 is 0 Å². The summed E-state index contributed by atoms with van der Waals surface area (Å²) >= 11 is 0. The molecule has 3 nitrogen and oxygen atoms in total. The molecule has 0 aromatic heterocycles. The minimum absolute atomic E-state index is 0. The lowest BCUT2D eigenvalue weighted by Crippen LogP contribution is -2.46. The van der Waals surface area contributed by atoms with E-state index in [1.807, 2.05) is 0 Å². The number of halogens is 2. The fourth-order valence-electron chi connectivity index (χ4n) is 1.84. The minimum Gasteiger partial charge on any atom is -0.329 e. The van der Waals surface area contributed by atoms with Gasteiger partial charge in [0.2, 0.25) is 0 Å². The lowest BCUT2D eigenvalue weighted by atomic mass is 10.1. The van der Waals surface area contributed by atoms with Crippen molar-refractivity contribution >= 4 is 24.8 Å². The van der Waals surface area contributed by atoms with E-state index in [-0.39, 0.29) is 24.8 Å². The van der Waals surface area contributed by atoms with Crippen molar-refractivity contribution in [3.63, 3.8) is 0 Å². The number of likely N-dealkylation sites (N-methyl/N-ethyl adjacent to an activating group) is 1. The quantitative estimate of drug-likeness (QED) is 0.797. The highest BCUT2D eigenvalue weighted by Gasteiger charge is 2.20. The van der Waals surface area contributed by atoms with E-state index in [0.717, 1.165) is 19.1 Å². The summed E-state index contributed by atoms with van der Waals surface area (Å²) in [6, 6.07) is 0.741. The molecule has 1 unspecified atom stereocenters. The molecular weight excluding hydrogens is 221 g/mol. The van der Waals surface area contributed by atoms with Crippen molar-refractivity contribution < 1.29 is 0 Å².